The zero-order chi connectivity index (χ0) is 16.6. The first-order valence-electron chi connectivity index (χ1n) is 6.90. The van der Waals surface area contributed by atoms with Crippen molar-refractivity contribution in [2.75, 3.05) is 14.1 Å². The number of hydrogen-bond donors (Lipinski definition) is 0. The Kier molecular flexibility index (Phi) is 4.19. The van der Waals surface area contributed by atoms with Gasteiger partial charge in [0.15, 0.2) is 0 Å². The van der Waals surface area contributed by atoms with E-state index in [9.17, 15) is 9.59 Å². The molecule has 3 rings (SSSR count). The molecule has 0 aliphatic heterocycles. The van der Waals surface area contributed by atoms with Crippen LogP contribution in [0.5, 0.6) is 0 Å². The highest BCUT2D eigenvalue weighted by atomic mass is 35.5. The summed E-state index contributed by atoms with van der Waals surface area (Å²) in [7, 11) is 3.31. The van der Waals surface area contributed by atoms with Crippen molar-refractivity contribution in [1.82, 2.24) is 14.5 Å². The normalized spacial score (nSPS) is 10.9. The van der Waals surface area contributed by atoms with Gasteiger partial charge in [-0.15, -0.1) is 11.3 Å². The van der Waals surface area contributed by atoms with Gasteiger partial charge in [0.25, 0.3) is 5.56 Å². The third kappa shape index (κ3) is 3.00. The van der Waals surface area contributed by atoms with E-state index in [2.05, 4.69) is 4.98 Å². The van der Waals surface area contributed by atoms with Gasteiger partial charge in [-0.05, 0) is 17.7 Å². The highest BCUT2D eigenvalue weighted by Crippen LogP contribution is 2.31. The second-order valence-corrected chi connectivity index (χ2v) is 6.60. The van der Waals surface area contributed by atoms with Crippen LogP contribution in [-0.4, -0.2) is 34.5 Å². The lowest BCUT2D eigenvalue weighted by Crippen LogP contribution is -2.31. The van der Waals surface area contributed by atoms with Gasteiger partial charge in [0.05, 0.1) is 11.7 Å². The van der Waals surface area contributed by atoms with Gasteiger partial charge in [-0.2, -0.15) is 0 Å². The molecule has 5 nitrogen and oxygen atoms in total. The van der Waals surface area contributed by atoms with E-state index in [1.165, 1.54) is 27.1 Å². The summed E-state index contributed by atoms with van der Waals surface area (Å²) in [5, 5.41) is 3.08. The van der Waals surface area contributed by atoms with Crippen molar-refractivity contribution in [2.24, 2.45) is 0 Å². The van der Waals surface area contributed by atoms with Crippen LogP contribution in [0.2, 0.25) is 5.02 Å². The van der Waals surface area contributed by atoms with Crippen molar-refractivity contribution in [1.29, 1.82) is 0 Å². The number of hydrogen-bond acceptors (Lipinski definition) is 4. The molecule has 0 unspecified atom stereocenters. The zero-order valence-corrected chi connectivity index (χ0v) is 14.2. The van der Waals surface area contributed by atoms with Gasteiger partial charge in [0.1, 0.15) is 11.4 Å². The summed E-state index contributed by atoms with van der Waals surface area (Å²) in [4.78, 5) is 31.0. The number of likely N-dealkylation sites (N-methyl/N-ethyl adjacent to an activating group) is 1. The number of amides is 1. The average molecular weight is 348 g/mol. The van der Waals surface area contributed by atoms with E-state index in [1.54, 1.807) is 26.2 Å². The summed E-state index contributed by atoms with van der Waals surface area (Å²) in [5.41, 5.74) is 1.50. The van der Waals surface area contributed by atoms with Crippen molar-refractivity contribution >= 4 is 39.1 Å². The molecule has 23 heavy (non-hydrogen) atoms. The molecule has 0 bridgehead atoms. The highest BCUT2D eigenvalue weighted by Gasteiger charge is 2.15. The van der Waals surface area contributed by atoms with E-state index in [0.717, 1.165) is 11.1 Å². The van der Waals surface area contributed by atoms with Gasteiger partial charge in [0, 0.05) is 30.1 Å². The zero-order valence-electron chi connectivity index (χ0n) is 12.6. The Balaban J connectivity index is 2.13. The SMILES string of the molecule is CN(C)C(=O)Cn1cnc2scc(-c3ccc(Cl)cc3)c2c1=O. The molecule has 3 aromatic rings. The van der Waals surface area contributed by atoms with Gasteiger partial charge < -0.3 is 4.90 Å². The van der Waals surface area contributed by atoms with E-state index in [0.29, 0.717) is 15.2 Å². The van der Waals surface area contributed by atoms with Crippen molar-refractivity contribution in [3.8, 4) is 11.1 Å². The number of thiophene rings is 1. The van der Waals surface area contributed by atoms with Crippen LogP contribution in [0.15, 0.2) is 40.8 Å². The molecule has 2 aromatic heterocycles. The molecule has 0 atom stereocenters. The lowest BCUT2D eigenvalue weighted by atomic mass is 10.1. The smallest absolute Gasteiger partial charge is 0.263 e. The van der Waals surface area contributed by atoms with E-state index in [1.807, 2.05) is 17.5 Å². The Labute approximate surface area is 141 Å². The first kappa shape index (κ1) is 15.7. The molecule has 0 aliphatic rings. The van der Waals surface area contributed by atoms with Crippen LogP contribution >= 0.6 is 22.9 Å². The largest absolute Gasteiger partial charge is 0.347 e. The van der Waals surface area contributed by atoms with Crippen molar-refractivity contribution in [3.05, 3.63) is 51.3 Å². The van der Waals surface area contributed by atoms with Crippen LogP contribution in [-0.2, 0) is 11.3 Å². The Morgan fingerprint density at radius 2 is 2.00 bits per heavy atom. The standard InChI is InChI=1S/C16H14ClN3O2S/c1-19(2)13(21)7-20-9-18-15-14(16(20)22)12(8-23-15)10-3-5-11(17)6-4-10/h3-6,8-9H,7H2,1-2H3. The number of nitrogens with zero attached hydrogens (tertiary/aromatic N) is 3. The predicted octanol–water partition coefficient (Wildman–Crippen LogP) is 2.87. The second-order valence-electron chi connectivity index (χ2n) is 5.30. The van der Waals surface area contributed by atoms with E-state index in [4.69, 9.17) is 11.6 Å². The molecule has 0 N–H and O–H groups in total. The Hall–Kier alpha value is -2.18. The maximum Gasteiger partial charge on any atom is 0.263 e. The fourth-order valence-corrected chi connectivity index (χ4v) is 3.24. The van der Waals surface area contributed by atoms with Gasteiger partial charge in [0.2, 0.25) is 5.91 Å². The fraction of sp³-hybridized carbons (Fsp3) is 0.188. The Morgan fingerprint density at radius 3 is 2.65 bits per heavy atom. The number of aromatic nitrogens is 2. The molecule has 0 aliphatic carbocycles. The minimum atomic E-state index is -0.212. The number of carbonyl (C=O) groups is 1. The van der Waals surface area contributed by atoms with Gasteiger partial charge in [-0.25, -0.2) is 4.98 Å². The first-order chi connectivity index (χ1) is 11.0. The van der Waals surface area contributed by atoms with Gasteiger partial charge in [-0.3, -0.25) is 14.2 Å². The lowest BCUT2D eigenvalue weighted by molar-refractivity contribution is -0.129. The summed E-state index contributed by atoms with van der Waals surface area (Å²) in [6, 6.07) is 7.30. The van der Waals surface area contributed by atoms with E-state index >= 15 is 0 Å². The summed E-state index contributed by atoms with van der Waals surface area (Å²) in [6.45, 7) is -0.0231. The summed E-state index contributed by atoms with van der Waals surface area (Å²) in [5.74, 6) is -0.156. The van der Waals surface area contributed by atoms with Crippen LogP contribution in [0.25, 0.3) is 21.3 Å². The second kappa shape index (κ2) is 6.14. The van der Waals surface area contributed by atoms with Crippen molar-refractivity contribution < 1.29 is 4.79 Å². The number of halogens is 1. The summed E-state index contributed by atoms with van der Waals surface area (Å²) < 4.78 is 1.34. The molecule has 7 heteroatoms. The number of fused-ring (bicyclic) bond motifs is 1. The molecule has 118 valence electrons. The van der Waals surface area contributed by atoms with E-state index in [-0.39, 0.29) is 18.0 Å². The van der Waals surface area contributed by atoms with Crippen LogP contribution in [0.1, 0.15) is 0 Å². The minimum absolute atomic E-state index is 0.0231. The maximum absolute atomic E-state index is 12.7. The Morgan fingerprint density at radius 1 is 1.30 bits per heavy atom. The molecule has 1 amide bonds. The van der Waals surface area contributed by atoms with E-state index < -0.39 is 0 Å². The third-order valence-corrected chi connectivity index (χ3v) is 4.66. The fourth-order valence-electron chi connectivity index (χ4n) is 2.21. The quantitative estimate of drug-likeness (QED) is 0.732. The monoisotopic (exact) mass is 347 g/mol. The molecular formula is C16H14ClN3O2S. The highest BCUT2D eigenvalue weighted by molar-refractivity contribution is 7.17. The molecule has 0 saturated heterocycles. The van der Waals surface area contributed by atoms with Crippen LogP contribution < -0.4 is 5.56 Å². The maximum atomic E-state index is 12.7. The summed E-state index contributed by atoms with van der Waals surface area (Å²) >= 11 is 7.33. The van der Waals surface area contributed by atoms with Crippen molar-refractivity contribution in [3.63, 3.8) is 0 Å². The number of carbonyl (C=O) groups excluding carboxylic acids is 1. The minimum Gasteiger partial charge on any atom is -0.347 e. The molecule has 0 radical (unpaired) electrons. The molecule has 0 saturated carbocycles. The molecule has 2 heterocycles. The van der Waals surface area contributed by atoms with Crippen molar-refractivity contribution in [2.45, 2.75) is 6.54 Å². The number of benzene rings is 1. The van der Waals surface area contributed by atoms with Crippen LogP contribution in [0.4, 0.5) is 0 Å². The van der Waals surface area contributed by atoms with Crippen LogP contribution in [0.3, 0.4) is 0 Å². The molecular weight excluding hydrogens is 334 g/mol. The Bertz CT molecular complexity index is 929. The lowest BCUT2D eigenvalue weighted by Gasteiger charge is -2.11. The van der Waals surface area contributed by atoms with Crippen LogP contribution in [0, 0.1) is 0 Å². The summed E-state index contributed by atoms with van der Waals surface area (Å²) in [6.07, 6.45) is 1.42. The molecule has 0 spiro atoms. The van der Waals surface area contributed by atoms with Gasteiger partial charge in [-0.1, -0.05) is 23.7 Å². The number of rotatable bonds is 3. The topological polar surface area (TPSA) is 55.2 Å². The molecule has 1 aromatic carbocycles. The molecule has 0 fully saturated rings. The first-order valence-corrected chi connectivity index (χ1v) is 8.16. The van der Waals surface area contributed by atoms with Gasteiger partial charge >= 0.3 is 0 Å². The predicted molar refractivity (Wildman–Crippen MR) is 93.0 cm³/mol. The average Bonchev–Trinajstić information content (AvgIpc) is 2.95. The third-order valence-electron chi connectivity index (χ3n) is 3.52.